The molecule has 0 unspecified atom stereocenters. The van der Waals surface area contributed by atoms with E-state index in [1.165, 1.54) is 13.2 Å². The first kappa shape index (κ1) is 14.9. The van der Waals surface area contributed by atoms with E-state index >= 15 is 0 Å². The number of methoxy groups -OCH3 is 1. The smallest absolute Gasteiger partial charge is 0.341 e. The van der Waals surface area contributed by atoms with Gasteiger partial charge in [0.2, 0.25) is 0 Å². The molecule has 0 amide bonds. The normalized spacial score (nSPS) is 10.2. The lowest BCUT2D eigenvalue weighted by Crippen LogP contribution is -2.06. The maximum absolute atomic E-state index is 11.7. The third-order valence-corrected chi connectivity index (χ3v) is 3.01. The van der Waals surface area contributed by atoms with Gasteiger partial charge in [-0.3, -0.25) is 0 Å². The van der Waals surface area contributed by atoms with Crippen LogP contribution >= 0.6 is 0 Å². The van der Waals surface area contributed by atoms with Crippen LogP contribution in [0.15, 0.2) is 42.5 Å². The van der Waals surface area contributed by atoms with Crippen LogP contribution in [0, 0.1) is 0 Å². The van der Waals surface area contributed by atoms with Crippen molar-refractivity contribution < 1.29 is 19.4 Å². The molecular weight excluding hydrogens is 270 g/mol. The van der Waals surface area contributed by atoms with Gasteiger partial charge in [0.05, 0.1) is 13.7 Å². The van der Waals surface area contributed by atoms with E-state index in [1.54, 1.807) is 12.1 Å². The van der Waals surface area contributed by atoms with Crippen molar-refractivity contribution in [2.24, 2.45) is 0 Å². The summed E-state index contributed by atoms with van der Waals surface area (Å²) < 4.78 is 10.4. The van der Waals surface area contributed by atoms with Crippen molar-refractivity contribution >= 4 is 11.7 Å². The molecule has 5 nitrogen and oxygen atoms in total. The molecule has 0 aliphatic heterocycles. The summed E-state index contributed by atoms with van der Waals surface area (Å²) in [6, 6.07) is 12.2. The number of esters is 1. The molecule has 0 aromatic heterocycles. The van der Waals surface area contributed by atoms with Crippen molar-refractivity contribution in [1.29, 1.82) is 0 Å². The number of carbonyl (C=O) groups is 1. The van der Waals surface area contributed by atoms with Crippen molar-refractivity contribution in [3.63, 3.8) is 0 Å². The fourth-order valence-electron chi connectivity index (χ4n) is 1.84. The number of benzene rings is 2. The Kier molecular flexibility index (Phi) is 4.79. The van der Waals surface area contributed by atoms with Crippen LogP contribution in [0.5, 0.6) is 5.75 Å². The number of ether oxygens (including phenoxy) is 2. The number of rotatable bonds is 5. The second-order valence-corrected chi connectivity index (χ2v) is 4.51. The highest BCUT2D eigenvalue weighted by Gasteiger charge is 2.13. The quantitative estimate of drug-likeness (QED) is 0.650. The van der Waals surface area contributed by atoms with E-state index in [1.807, 2.05) is 24.3 Å². The summed E-state index contributed by atoms with van der Waals surface area (Å²) in [6.45, 7) is 0.311. The van der Waals surface area contributed by atoms with E-state index in [0.29, 0.717) is 23.6 Å². The number of aliphatic hydroxyl groups is 1. The Morgan fingerprint density at radius 3 is 2.43 bits per heavy atom. The lowest BCUT2D eigenvalue weighted by Gasteiger charge is -2.11. The Labute approximate surface area is 122 Å². The predicted molar refractivity (Wildman–Crippen MR) is 78.9 cm³/mol. The van der Waals surface area contributed by atoms with Gasteiger partial charge < -0.3 is 20.3 Å². The Morgan fingerprint density at radius 1 is 1.14 bits per heavy atom. The molecule has 0 spiro atoms. The summed E-state index contributed by atoms with van der Waals surface area (Å²) in [7, 11) is 1.31. The van der Waals surface area contributed by atoms with E-state index in [9.17, 15) is 4.79 Å². The van der Waals surface area contributed by atoms with E-state index in [-0.39, 0.29) is 6.61 Å². The molecule has 2 aromatic rings. The maximum atomic E-state index is 11.7. The molecule has 0 fully saturated rings. The van der Waals surface area contributed by atoms with E-state index in [2.05, 4.69) is 0 Å². The second kappa shape index (κ2) is 6.76. The minimum absolute atomic E-state index is 0.00554. The SMILES string of the molecule is COC(=O)c1cc(N)ccc1OCc1ccc(CO)cc1. The van der Waals surface area contributed by atoms with Gasteiger partial charge in [-0.2, -0.15) is 0 Å². The predicted octanol–water partition coefficient (Wildman–Crippen LogP) is 2.13. The number of anilines is 1. The average molecular weight is 287 g/mol. The van der Waals surface area contributed by atoms with Crippen molar-refractivity contribution in [1.82, 2.24) is 0 Å². The van der Waals surface area contributed by atoms with Crippen LogP contribution in [-0.4, -0.2) is 18.2 Å². The average Bonchev–Trinajstić information content (AvgIpc) is 2.53. The van der Waals surface area contributed by atoms with Crippen LogP contribution in [0.1, 0.15) is 21.5 Å². The van der Waals surface area contributed by atoms with Gasteiger partial charge in [0, 0.05) is 5.69 Å². The first-order valence-corrected chi connectivity index (χ1v) is 6.43. The Hall–Kier alpha value is -2.53. The van der Waals surface area contributed by atoms with E-state index in [0.717, 1.165) is 11.1 Å². The lowest BCUT2D eigenvalue weighted by molar-refractivity contribution is 0.0595. The third kappa shape index (κ3) is 3.73. The van der Waals surface area contributed by atoms with Gasteiger partial charge in [0.25, 0.3) is 0 Å². The molecule has 5 heteroatoms. The van der Waals surface area contributed by atoms with Gasteiger partial charge in [-0.1, -0.05) is 24.3 Å². The number of hydrogen-bond acceptors (Lipinski definition) is 5. The molecule has 3 N–H and O–H groups in total. The second-order valence-electron chi connectivity index (χ2n) is 4.51. The zero-order chi connectivity index (χ0) is 15.2. The summed E-state index contributed by atoms with van der Waals surface area (Å²) in [5.41, 5.74) is 8.20. The minimum Gasteiger partial charge on any atom is -0.488 e. The number of nitrogens with two attached hydrogens (primary N) is 1. The van der Waals surface area contributed by atoms with Gasteiger partial charge in [-0.05, 0) is 29.3 Å². The lowest BCUT2D eigenvalue weighted by atomic mass is 10.1. The number of hydrogen-bond donors (Lipinski definition) is 2. The molecule has 0 atom stereocenters. The van der Waals surface area contributed by atoms with Crippen molar-refractivity contribution in [2.75, 3.05) is 12.8 Å². The molecule has 0 saturated heterocycles. The van der Waals surface area contributed by atoms with Crippen molar-refractivity contribution in [3.05, 3.63) is 59.2 Å². The van der Waals surface area contributed by atoms with Gasteiger partial charge in [-0.15, -0.1) is 0 Å². The first-order valence-electron chi connectivity index (χ1n) is 6.43. The highest BCUT2D eigenvalue weighted by Crippen LogP contribution is 2.23. The summed E-state index contributed by atoms with van der Waals surface area (Å²) in [6.07, 6.45) is 0. The van der Waals surface area contributed by atoms with Crippen LogP contribution in [0.3, 0.4) is 0 Å². The monoisotopic (exact) mass is 287 g/mol. The van der Waals surface area contributed by atoms with Crippen LogP contribution in [-0.2, 0) is 18.0 Å². The molecule has 0 heterocycles. The molecule has 0 radical (unpaired) electrons. The van der Waals surface area contributed by atoms with Crippen LogP contribution < -0.4 is 10.5 Å². The molecule has 21 heavy (non-hydrogen) atoms. The molecule has 2 rings (SSSR count). The first-order chi connectivity index (χ1) is 10.1. The van der Waals surface area contributed by atoms with Gasteiger partial charge in [0.1, 0.15) is 17.9 Å². The minimum atomic E-state index is -0.493. The number of nitrogen functional groups attached to an aromatic ring is 1. The summed E-state index contributed by atoms with van der Waals surface area (Å²) in [5, 5.41) is 8.99. The number of aliphatic hydroxyl groups excluding tert-OH is 1. The zero-order valence-electron chi connectivity index (χ0n) is 11.7. The Morgan fingerprint density at radius 2 is 1.81 bits per heavy atom. The largest absolute Gasteiger partial charge is 0.488 e. The molecule has 110 valence electrons. The van der Waals surface area contributed by atoms with Gasteiger partial charge in [-0.25, -0.2) is 4.79 Å². The van der Waals surface area contributed by atoms with Crippen LogP contribution in [0.4, 0.5) is 5.69 Å². The van der Waals surface area contributed by atoms with E-state index in [4.69, 9.17) is 20.3 Å². The van der Waals surface area contributed by atoms with Gasteiger partial charge >= 0.3 is 5.97 Å². The molecule has 0 aliphatic rings. The summed E-state index contributed by atoms with van der Waals surface area (Å²) in [5.74, 6) is -0.0739. The molecule has 0 bridgehead atoms. The molecule has 2 aromatic carbocycles. The highest BCUT2D eigenvalue weighted by molar-refractivity contribution is 5.93. The standard InChI is InChI=1S/C16H17NO4/c1-20-16(19)14-8-13(17)6-7-15(14)21-10-12-4-2-11(9-18)3-5-12/h2-8,18H,9-10,17H2,1H3. The van der Waals surface area contributed by atoms with Crippen LogP contribution in [0.25, 0.3) is 0 Å². The number of carbonyl (C=O) groups excluding carboxylic acids is 1. The fourth-order valence-corrected chi connectivity index (χ4v) is 1.84. The van der Waals surface area contributed by atoms with Crippen molar-refractivity contribution in [2.45, 2.75) is 13.2 Å². The van der Waals surface area contributed by atoms with Crippen molar-refractivity contribution in [3.8, 4) is 5.75 Å². The van der Waals surface area contributed by atoms with Gasteiger partial charge in [0.15, 0.2) is 0 Å². The topological polar surface area (TPSA) is 81.8 Å². The summed E-state index contributed by atoms with van der Waals surface area (Å²) >= 11 is 0. The maximum Gasteiger partial charge on any atom is 0.341 e. The van der Waals surface area contributed by atoms with E-state index < -0.39 is 5.97 Å². The molecular formula is C16H17NO4. The van der Waals surface area contributed by atoms with Crippen LogP contribution in [0.2, 0.25) is 0 Å². The highest BCUT2D eigenvalue weighted by atomic mass is 16.5. The Balaban J connectivity index is 2.13. The molecule has 0 aliphatic carbocycles. The summed E-state index contributed by atoms with van der Waals surface area (Å²) in [4.78, 5) is 11.7. The Bertz CT molecular complexity index is 623. The fraction of sp³-hybridized carbons (Fsp3) is 0.188. The zero-order valence-corrected chi connectivity index (χ0v) is 11.7. The third-order valence-electron chi connectivity index (χ3n) is 3.01. The molecule has 0 saturated carbocycles.